The molecule has 0 aromatic heterocycles. The number of benzene rings is 4. The first kappa shape index (κ1) is 41.1. The van der Waals surface area contributed by atoms with E-state index in [1.165, 1.54) is 6.92 Å². The quantitative estimate of drug-likeness (QED) is 0.0551. The predicted octanol–water partition coefficient (Wildman–Crippen LogP) is 11.0. The summed E-state index contributed by atoms with van der Waals surface area (Å²) in [6.07, 6.45) is -11.6. The van der Waals surface area contributed by atoms with Gasteiger partial charge in [-0.3, -0.25) is 20.2 Å². The first-order chi connectivity index (χ1) is 25.2. The van der Waals surface area contributed by atoms with Crippen LogP contribution in [0, 0.1) is 20.2 Å². The van der Waals surface area contributed by atoms with Crippen LogP contribution in [-0.4, -0.2) is 34.0 Å². The van der Waals surface area contributed by atoms with Gasteiger partial charge in [-0.05, 0) is 61.9 Å². The van der Waals surface area contributed by atoms with E-state index in [9.17, 15) is 56.2 Å². The lowest BCUT2D eigenvalue weighted by Gasteiger charge is -2.21. The molecule has 12 nitrogen and oxygen atoms in total. The Labute approximate surface area is 310 Å². The second kappa shape index (κ2) is 16.6. The molecule has 20 heteroatoms. The summed E-state index contributed by atoms with van der Waals surface area (Å²) in [6, 6.07) is 10.3. The number of hydrogen-bond acceptors (Lipinski definition) is 10. The first-order valence-electron chi connectivity index (χ1n) is 15.3. The predicted molar refractivity (Wildman–Crippen MR) is 178 cm³/mol. The molecule has 0 spiro atoms. The molecular weight excluding hydrogens is 781 g/mol. The molecule has 0 saturated carbocycles. The van der Waals surface area contributed by atoms with Crippen LogP contribution in [-0.2, 0) is 21.8 Å². The van der Waals surface area contributed by atoms with Gasteiger partial charge < -0.3 is 18.9 Å². The van der Waals surface area contributed by atoms with Gasteiger partial charge in [-0.15, -0.1) is 0 Å². The van der Waals surface area contributed by atoms with E-state index in [1.54, 1.807) is 6.92 Å². The van der Waals surface area contributed by atoms with E-state index in [-0.39, 0.29) is 35.8 Å². The minimum atomic E-state index is -4.69. The summed E-state index contributed by atoms with van der Waals surface area (Å²) < 4.78 is 99.9. The van der Waals surface area contributed by atoms with Crippen molar-refractivity contribution in [2.45, 2.75) is 51.2 Å². The molecule has 286 valence electrons. The van der Waals surface area contributed by atoms with Crippen LogP contribution < -0.4 is 9.47 Å². The summed E-state index contributed by atoms with van der Waals surface area (Å²) in [6.45, 7) is 2.94. The van der Waals surface area contributed by atoms with Gasteiger partial charge in [0.25, 0.3) is 11.4 Å². The van der Waals surface area contributed by atoms with Crippen LogP contribution in [0.15, 0.2) is 72.8 Å². The van der Waals surface area contributed by atoms with Gasteiger partial charge in [0.05, 0.1) is 31.0 Å². The van der Waals surface area contributed by atoms with Gasteiger partial charge in [0.1, 0.15) is 46.3 Å². The Balaban J connectivity index is 1.48. The van der Waals surface area contributed by atoms with Crippen LogP contribution in [0.25, 0.3) is 0 Å². The first-order valence-corrected chi connectivity index (χ1v) is 16.0. The summed E-state index contributed by atoms with van der Waals surface area (Å²) in [4.78, 5) is 47.9. The maximum atomic E-state index is 13.2. The zero-order valence-corrected chi connectivity index (χ0v) is 29.0. The monoisotopic (exact) mass is 804 g/mol. The van der Waals surface area contributed by atoms with Crippen molar-refractivity contribution in [3.63, 3.8) is 0 Å². The Bertz CT molecular complexity index is 2100. The molecule has 0 radical (unpaired) electrons. The molecule has 0 amide bonds. The van der Waals surface area contributed by atoms with Gasteiger partial charge in [0.15, 0.2) is 0 Å². The lowest BCUT2D eigenvalue weighted by atomic mass is 10.1. The summed E-state index contributed by atoms with van der Waals surface area (Å²) in [5, 5.41) is 22.5. The molecule has 0 aliphatic heterocycles. The van der Waals surface area contributed by atoms with E-state index in [1.807, 2.05) is 0 Å². The van der Waals surface area contributed by atoms with Gasteiger partial charge in [0, 0.05) is 30.7 Å². The van der Waals surface area contributed by atoms with E-state index < -0.39 is 90.0 Å². The second-order valence-electron chi connectivity index (χ2n) is 11.2. The summed E-state index contributed by atoms with van der Waals surface area (Å²) in [7, 11) is 0. The third kappa shape index (κ3) is 10.3. The summed E-state index contributed by atoms with van der Waals surface area (Å²) in [5.41, 5.74) is -4.71. The standard InChI is InChI=1S/C34H24Cl2F6N2O10/c1-3-20(54-32(46)24-16-22(7-9-28(24)44(49)50)53-30-11-5-19(14-26(30)36)34(40,41)42)12-17(2)51-31(45)23-15-21(6-8-27(23)43(47)48)52-29-10-4-18(13-25(29)35)33(37,38)39/h4-11,13-17,20H,3,12H2,1-2H3. The van der Waals surface area contributed by atoms with Gasteiger partial charge in [-0.2, -0.15) is 26.3 Å². The van der Waals surface area contributed by atoms with Gasteiger partial charge in [-0.1, -0.05) is 30.1 Å². The lowest BCUT2D eigenvalue weighted by molar-refractivity contribution is -0.385. The molecule has 4 aromatic rings. The van der Waals surface area contributed by atoms with Crippen molar-refractivity contribution < 1.29 is 64.7 Å². The minimum absolute atomic E-state index is 0.0934. The van der Waals surface area contributed by atoms with E-state index in [0.717, 1.165) is 48.5 Å². The van der Waals surface area contributed by atoms with E-state index in [4.69, 9.17) is 42.1 Å². The molecule has 0 aliphatic rings. The number of alkyl halides is 6. The zero-order valence-electron chi connectivity index (χ0n) is 27.5. The van der Waals surface area contributed by atoms with E-state index >= 15 is 0 Å². The van der Waals surface area contributed by atoms with Crippen molar-refractivity contribution in [1.29, 1.82) is 0 Å². The number of esters is 2. The number of hydrogen-bond donors (Lipinski definition) is 0. The van der Waals surface area contributed by atoms with Crippen LogP contribution in [0.1, 0.15) is 58.5 Å². The van der Waals surface area contributed by atoms with Crippen LogP contribution in [0.5, 0.6) is 23.0 Å². The van der Waals surface area contributed by atoms with Gasteiger partial charge in [0.2, 0.25) is 0 Å². The number of nitro benzene ring substituents is 2. The SMILES string of the molecule is CCC(CC(C)OC(=O)c1cc(Oc2ccc(C(F)(F)F)cc2Cl)ccc1[N+](=O)[O-])OC(=O)c1cc(Oc2ccc(C(F)(F)F)cc2Cl)ccc1[N+](=O)[O-]. The molecule has 0 fully saturated rings. The highest BCUT2D eigenvalue weighted by Gasteiger charge is 2.33. The molecule has 54 heavy (non-hydrogen) atoms. The molecule has 2 unspecified atom stereocenters. The topological polar surface area (TPSA) is 157 Å². The lowest BCUT2D eigenvalue weighted by Crippen LogP contribution is -2.26. The zero-order chi connectivity index (χ0) is 40.1. The Morgan fingerprint density at radius 2 is 1.09 bits per heavy atom. The van der Waals surface area contributed by atoms with Gasteiger partial charge in [-0.25, -0.2) is 9.59 Å². The number of nitro groups is 2. The van der Waals surface area contributed by atoms with Crippen molar-refractivity contribution in [3.8, 4) is 23.0 Å². The average Bonchev–Trinajstić information content (AvgIpc) is 3.08. The Morgan fingerprint density at radius 3 is 1.44 bits per heavy atom. The van der Waals surface area contributed by atoms with Crippen molar-refractivity contribution in [2.24, 2.45) is 0 Å². The highest BCUT2D eigenvalue weighted by Crippen LogP contribution is 2.39. The minimum Gasteiger partial charge on any atom is -0.459 e. The average molecular weight is 805 g/mol. The maximum Gasteiger partial charge on any atom is 0.416 e. The second-order valence-corrected chi connectivity index (χ2v) is 12.1. The van der Waals surface area contributed by atoms with E-state index in [0.29, 0.717) is 24.3 Å². The third-order valence-electron chi connectivity index (χ3n) is 7.38. The number of halogens is 8. The fraction of sp³-hybridized carbons (Fsp3) is 0.235. The van der Waals surface area contributed by atoms with Crippen molar-refractivity contribution in [3.05, 3.63) is 125 Å². The summed E-state index contributed by atoms with van der Waals surface area (Å²) >= 11 is 11.9. The Kier molecular flexibility index (Phi) is 12.6. The smallest absolute Gasteiger partial charge is 0.416 e. The van der Waals surface area contributed by atoms with E-state index in [2.05, 4.69) is 0 Å². The molecule has 0 bridgehead atoms. The number of carbonyl (C=O) groups is 2. The number of rotatable bonds is 13. The molecule has 0 heterocycles. The third-order valence-corrected chi connectivity index (χ3v) is 7.97. The molecule has 4 aromatic carbocycles. The maximum absolute atomic E-state index is 13.2. The molecule has 4 rings (SSSR count). The number of nitrogens with zero attached hydrogens (tertiary/aromatic N) is 2. The summed E-state index contributed by atoms with van der Waals surface area (Å²) in [5.74, 6) is -3.35. The Morgan fingerprint density at radius 1 is 0.685 bits per heavy atom. The molecular formula is C34H24Cl2F6N2O10. The fourth-order valence-corrected chi connectivity index (χ4v) is 5.19. The normalized spacial score (nSPS) is 12.7. The highest BCUT2D eigenvalue weighted by molar-refractivity contribution is 6.32. The molecule has 2 atom stereocenters. The number of carbonyl (C=O) groups excluding carboxylic acids is 2. The van der Waals surface area contributed by atoms with Crippen molar-refractivity contribution >= 4 is 46.5 Å². The van der Waals surface area contributed by atoms with Crippen LogP contribution in [0.2, 0.25) is 10.0 Å². The van der Waals surface area contributed by atoms with Crippen LogP contribution >= 0.6 is 23.2 Å². The van der Waals surface area contributed by atoms with Crippen LogP contribution in [0.4, 0.5) is 37.7 Å². The number of ether oxygens (including phenoxy) is 4. The fourth-order valence-electron chi connectivity index (χ4n) is 4.75. The molecule has 0 N–H and O–H groups in total. The highest BCUT2D eigenvalue weighted by atomic mass is 35.5. The van der Waals surface area contributed by atoms with Crippen LogP contribution in [0.3, 0.4) is 0 Å². The van der Waals surface area contributed by atoms with Crippen molar-refractivity contribution in [1.82, 2.24) is 0 Å². The largest absolute Gasteiger partial charge is 0.459 e. The van der Waals surface area contributed by atoms with Gasteiger partial charge >= 0.3 is 24.3 Å². The molecule has 0 aliphatic carbocycles. The van der Waals surface area contributed by atoms with Crippen molar-refractivity contribution in [2.75, 3.05) is 0 Å². The molecule has 0 saturated heterocycles. The Hall–Kier alpha value is -5.62.